The van der Waals surface area contributed by atoms with Gasteiger partial charge < -0.3 is 5.32 Å². The average molecular weight is 400 g/mol. The van der Waals surface area contributed by atoms with E-state index in [1.807, 2.05) is 18.5 Å². The molecule has 1 amide bonds. The van der Waals surface area contributed by atoms with Crippen LogP contribution in [0.5, 0.6) is 0 Å². The van der Waals surface area contributed by atoms with E-state index < -0.39 is 0 Å². The van der Waals surface area contributed by atoms with Crippen molar-refractivity contribution in [1.29, 1.82) is 5.26 Å². The molecule has 1 aliphatic heterocycles. The highest BCUT2D eigenvalue weighted by Gasteiger charge is 2.24. The summed E-state index contributed by atoms with van der Waals surface area (Å²) in [6, 6.07) is 6.69. The van der Waals surface area contributed by atoms with E-state index in [4.69, 9.17) is 5.26 Å². The van der Waals surface area contributed by atoms with Crippen LogP contribution in [0.25, 0.3) is 0 Å². The summed E-state index contributed by atoms with van der Waals surface area (Å²) in [7, 11) is 0. The fraction of sp³-hybridized carbons (Fsp3) is 0.571. The van der Waals surface area contributed by atoms with E-state index >= 15 is 0 Å². The number of aromatic nitrogens is 2. The fourth-order valence-corrected chi connectivity index (χ4v) is 4.81. The summed E-state index contributed by atoms with van der Waals surface area (Å²) in [5.74, 6) is 0.0873. The summed E-state index contributed by atoms with van der Waals surface area (Å²) in [4.78, 5) is 16.3. The minimum Gasteiger partial charge on any atom is -0.354 e. The highest BCUT2D eigenvalue weighted by molar-refractivity contribution is 7.10. The molecule has 6 nitrogen and oxygen atoms in total. The van der Waals surface area contributed by atoms with Crippen LogP contribution in [0.1, 0.15) is 53.6 Å². The first-order valence-corrected chi connectivity index (χ1v) is 10.9. The normalized spacial score (nSPS) is 15.5. The number of aryl methyl sites for hydroxylation is 2. The van der Waals surface area contributed by atoms with Crippen molar-refractivity contribution in [2.75, 3.05) is 19.6 Å². The molecule has 3 heterocycles. The molecule has 3 rings (SSSR count). The highest BCUT2D eigenvalue weighted by Crippen LogP contribution is 2.27. The number of carbonyl (C=O) groups is 1. The molecule has 150 valence electrons. The summed E-state index contributed by atoms with van der Waals surface area (Å²) in [5, 5.41) is 18.6. The average Bonchev–Trinajstić information content (AvgIpc) is 3.43. The third-order valence-electron chi connectivity index (χ3n) is 5.51. The van der Waals surface area contributed by atoms with Crippen LogP contribution in [0, 0.1) is 25.2 Å². The smallest absolute Gasteiger partial charge is 0.220 e. The predicted octanol–water partition coefficient (Wildman–Crippen LogP) is 3.36. The van der Waals surface area contributed by atoms with E-state index in [9.17, 15) is 4.79 Å². The molecule has 0 aromatic carbocycles. The number of likely N-dealkylation sites (tertiary alicyclic amines) is 1. The quantitative estimate of drug-likeness (QED) is 0.702. The molecular formula is C21H29N5OS. The molecule has 1 fully saturated rings. The van der Waals surface area contributed by atoms with Gasteiger partial charge in [0.1, 0.15) is 0 Å². The molecule has 0 saturated carbocycles. The second-order valence-corrected chi connectivity index (χ2v) is 8.34. The summed E-state index contributed by atoms with van der Waals surface area (Å²) in [6.07, 6.45) is 4.07. The molecule has 0 aliphatic carbocycles. The summed E-state index contributed by atoms with van der Waals surface area (Å²) >= 11 is 1.77. The largest absolute Gasteiger partial charge is 0.354 e. The van der Waals surface area contributed by atoms with Crippen LogP contribution < -0.4 is 5.32 Å². The Labute approximate surface area is 171 Å². The van der Waals surface area contributed by atoms with Crippen LogP contribution >= 0.6 is 11.3 Å². The molecule has 28 heavy (non-hydrogen) atoms. The van der Waals surface area contributed by atoms with Crippen LogP contribution in [0.4, 0.5) is 0 Å². The minimum atomic E-state index is 0.0873. The molecule has 2 aromatic rings. The number of hydrogen-bond acceptors (Lipinski definition) is 5. The monoisotopic (exact) mass is 399 g/mol. The van der Waals surface area contributed by atoms with Crippen molar-refractivity contribution in [2.24, 2.45) is 0 Å². The predicted molar refractivity (Wildman–Crippen MR) is 111 cm³/mol. The Bertz CT molecular complexity index is 815. The van der Waals surface area contributed by atoms with Gasteiger partial charge in [-0.25, -0.2) is 0 Å². The first kappa shape index (κ1) is 20.6. The number of amides is 1. The van der Waals surface area contributed by atoms with E-state index in [1.54, 1.807) is 11.3 Å². The molecule has 1 aliphatic rings. The first-order chi connectivity index (χ1) is 13.6. The van der Waals surface area contributed by atoms with Crippen molar-refractivity contribution in [2.45, 2.75) is 58.5 Å². The number of nitrogens with zero attached hydrogens (tertiary/aromatic N) is 4. The minimum absolute atomic E-state index is 0.0873. The van der Waals surface area contributed by atoms with Crippen molar-refractivity contribution in [3.05, 3.63) is 39.3 Å². The van der Waals surface area contributed by atoms with Gasteiger partial charge in [0.05, 0.1) is 30.8 Å². The van der Waals surface area contributed by atoms with Gasteiger partial charge in [0.25, 0.3) is 0 Å². The Morgan fingerprint density at radius 1 is 1.39 bits per heavy atom. The molecule has 0 bridgehead atoms. The molecule has 1 unspecified atom stereocenters. The topological polar surface area (TPSA) is 73.9 Å². The van der Waals surface area contributed by atoms with Crippen LogP contribution in [-0.4, -0.2) is 40.2 Å². The Balaban J connectivity index is 1.54. The Morgan fingerprint density at radius 3 is 2.86 bits per heavy atom. The summed E-state index contributed by atoms with van der Waals surface area (Å²) in [6.45, 7) is 7.48. The Kier molecular flexibility index (Phi) is 7.24. The molecule has 0 spiro atoms. The summed E-state index contributed by atoms with van der Waals surface area (Å²) < 4.78 is 1.88. The SMILES string of the molecule is Cc1nn(CCC#N)c(C)c1CCC(=O)NCC(c1cccs1)N1CCCC1. The number of nitrogens with one attached hydrogen (secondary N) is 1. The zero-order valence-corrected chi connectivity index (χ0v) is 17.6. The highest BCUT2D eigenvalue weighted by atomic mass is 32.1. The standard InChI is InChI=1S/C21H29N5OS/c1-16-18(17(2)26(24-16)13-6-10-22)8-9-21(27)23-15-19(20-7-5-14-28-20)25-11-3-4-12-25/h5,7,14,19H,3-4,6,8-9,11-13,15H2,1-2H3,(H,23,27). The van der Waals surface area contributed by atoms with Gasteiger partial charge >= 0.3 is 0 Å². The molecule has 2 aromatic heterocycles. The Hall–Kier alpha value is -2.17. The fourth-order valence-electron chi connectivity index (χ4n) is 3.95. The van der Waals surface area contributed by atoms with E-state index in [2.05, 4.69) is 38.9 Å². The van der Waals surface area contributed by atoms with Crippen molar-refractivity contribution in [3.63, 3.8) is 0 Å². The zero-order chi connectivity index (χ0) is 19.9. The van der Waals surface area contributed by atoms with Gasteiger partial charge in [-0.15, -0.1) is 11.3 Å². The Morgan fingerprint density at radius 2 is 2.18 bits per heavy atom. The zero-order valence-electron chi connectivity index (χ0n) is 16.8. The second-order valence-electron chi connectivity index (χ2n) is 7.36. The molecule has 1 atom stereocenters. The summed E-state index contributed by atoms with van der Waals surface area (Å²) in [5.41, 5.74) is 3.15. The molecule has 1 saturated heterocycles. The lowest BCUT2D eigenvalue weighted by atomic mass is 10.1. The van der Waals surface area contributed by atoms with Gasteiger partial charge in [-0.2, -0.15) is 10.4 Å². The van der Waals surface area contributed by atoms with Gasteiger partial charge in [0.15, 0.2) is 0 Å². The lowest BCUT2D eigenvalue weighted by Gasteiger charge is -2.27. The van der Waals surface area contributed by atoms with Gasteiger partial charge in [-0.1, -0.05) is 6.07 Å². The van der Waals surface area contributed by atoms with Gasteiger partial charge in [0.2, 0.25) is 5.91 Å². The first-order valence-electron chi connectivity index (χ1n) is 10.0. The van der Waals surface area contributed by atoms with Gasteiger partial charge in [-0.3, -0.25) is 14.4 Å². The molecule has 1 N–H and O–H groups in total. The van der Waals surface area contributed by atoms with Crippen molar-refractivity contribution >= 4 is 17.2 Å². The number of thiophene rings is 1. The van der Waals surface area contributed by atoms with Crippen LogP contribution in [0.15, 0.2) is 17.5 Å². The molecular weight excluding hydrogens is 370 g/mol. The third kappa shape index (κ3) is 5.00. The third-order valence-corrected chi connectivity index (χ3v) is 6.49. The maximum absolute atomic E-state index is 12.5. The van der Waals surface area contributed by atoms with E-state index in [0.29, 0.717) is 32.4 Å². The van der Waals surface area contributed by atoms with Gasteiger partial charge in [-0.05, 0) is 63.2 Å². The number of hydrogen-bond donors (Lipinski definition) is 1. The number of nitriles is 1. The van der Waals surface area contributed by atoms with E-state index in [0.717, 1.165) is 30.0 Å². The van der Waals surface area contributed by atoms with Gasteiger partial charge in [0, 0.05) is 23.5 Å². The van der Waals surface area contributed by atoms with Crippen molar-refractivity contribution in [3.8, 4) is 6.07 Å². The molecule has 0 radical (unpaired) electrons. The maximum Gasteiger partial charge on any atom is 0.220 e. The lowest BCUT2D eigenvalue weighted by Crippen LogP contribution is -2.36. The van der Waals surface area contributed by atoms with Crippen LogP contribution in [-0.2, 0) is 17.8 Å². The van der Waals surface area contributed by atoms with Crippen molar-refractivity contribution < 1.29 is 4.79 Å². The second kappa shape index (κ2) is 9.85. The van der Waals surface area contributed by atoms with Crippen LogP contribution in [0.3, 0.4) is 0 Å². The number of rotatable bonds is 9. The maximum atomic E-state index is 12.5. The lowest BCUT2D eigenvalue weighted by molar-refractivity contribution is -0.121. The van der Waals surface area contributed by atoms with Crippen molar-refractivity contribution in [1.82, 2.24) is 20.0 Å². The van der Waals surface area contributed by atoms with E-state index in [-0.39, 0.29) is 11.9 Å². The number of carbonyl (C=O) groups excluding carboxylic acids is 1. The molecule has 7 heteroatoms. The van der Waals surface area contributed by atoms with Crippen LogP contribution in [0.2, 0.25) is 0 Å². The van der Waals surface area contributed by atoms with E-state index in [1.165, 1.54) is 17.7 Å².